The van der Waals surface area contributed by atoms with E-state index >= 15 is 0 Å². The van der Waals surface area contributed by atoms with Crippen molar-refractivity contribution in [2.45, 2.75) is 19.3 Å². The highest BCUT2D eigenvalue weighted by Crippen LogP contribution is 2.53. The van der Waals surface area contributed by atoms with Gasteiger partial charge in [0.15, 0.2) is 0 Å². The largest absolute Gasteiger partial charge is 0.310 e. The Kier molecular flexibility index (Phi) is 6.28. The fourth-order valence-electron chi connectivity index (χ4n) is 8.57. The van der Waals surface area contributed by atoms with E-state index in [9.17, 15) is 10.5 Å². The minimum Gasteiger partial charge on any atom is -0.310 e. The molecular weight excluding hydrogens is 635 g/mol. The van der Waals surface area contributed by atoms with Gasteiger partial charge in [0.2, 0.25) is 0 Å². The zero-order chi connectivity index (χ0) is 35.1. The molecule has 0 bridgehead atoms. The van der Waals surface area contributed by atoms with E-state index in [4.69, 9.17) is 0 Å². The van der Waals surface area contributed by atoms with Gasteiger partial charge in [0, 0.05) is 27.6 Å². The van der Waals surface area contributed by atoms with Gasteiger partial charge < -0.3 is 14.4 Å². The summed E-state index contributed by atoms with van der Waals surface area (Å²) >= 11 is 0. The van der Waals surface area contributed by atoms with Gasteiger partial charge in [-0.25, -0.2) is 0 Å². The lowest BCUT2D eigenvalue weighted by molar-refractivity contribution is 0.632. The lowest BCUT2D eigenvalue weighted by atomic mass is 9.73. The average Bonchev–Trinajstić information content (AvgIpc) is 3.53. The summed E-state index contributed by atoms with van der Waals surface area (Å²) in [6.45, 7) is 4.54. The number of hydrogen-bond donors (Lipinski definition) is 0. The molecule has 3 heterocycles. The van der Waals surface area contributed by atoms with Gasteiger partial charge in [0.25, 0.3) is 0 Å². The van der Waals surface area contributed by atoms with E-state index in [0.717, 1.165) is 62.0 Å². The fraction of sp³-hybridized carbons (Fsp3) is 0.0638. The molecule has 0 atom stereocenters. The van der Waals surface area contributed by atoms with Gasteiger partial charge in [-0.05, 0) is 95.1 Å². The summed E-state index contributed by atoms with van der Waals surface area (Å²) in [5, 5.41) is 23.2. The second-order valence-electron chi connectivity index (χ2n) is 14.1. The van der Waals surface area contributed by atoms with E-state index in [-0.39, 0.29) is 5.41 Å². The van der Waals surface area contributed by atoms with Crippen molar-refractivity contribution < 1.29 is 0 Å². The topological polar surface area (TPSA) is 59.0 Å². The standard InChI is InChI=1S/C47H31N5/c1-47(2)38-14-4-7-17-41(38)50(42-18-8-5-15-39(42)47)34-24-30(28-48)22-32(26-34)33-23-31(29-49)25-35(27-33)51-43-19-9-10-20-44(43)52-40-16-6-3-12-36(40)37-13-11-21-45(51)46(37)52/h3-27H,1-2H3. The number of nitriles is 2. The average molecular weight is 666 g/mol. The first-order valence-corrected chi connectivity index (χ1v) is 17.5. The van der Waals surface area contributed by atoms with Crippen molar-refractivity contribution in [1.29, 1.82) is 10.5 Å². The van der Waals surface area contributed by atoms with Crippen LogP contribution in [0.2, 0.25) is 0 Å². The van der Waals surface area contributed by atoms with E-state index in [1.165, 1.54) is 21.9 Å². The van der Waals surface area contributed by atoms with Crippen LogP contribution in [0.15, 0.2) is 152 Å². The number of benzene rings is 7. The molecule has 10 rings (SSSR count). The Morgan fingerprint density at radius 2 is 0.942 bits per heavy atom. The highest BCUT2D eigenvalue weighted by molar-refractivity contribution is 6.16. The minimum absolute atomic E-state index is 0.200. The number of hydrogen-bond acceptors (Lipinski definition) is 4. The minimum atomic E-state index is -0.200. The predicted molar refractivity (Wildman–Crippen MR) is 211 cm³/mol. The van der Waals surface area contributed by atoms with E-state index in [0.29, 0.717) is 11.1 Å². The van der Waals surface area contributed by atoms with E-state index in [1.54, 1.807) is 0 Å². The summed E-state index contributed by atoms with van der Waals surface area (Å²) in [4.78, 5) is 4.55. The van der Waals surface area contributed by atoms with Gasteiger partial charge in [-0.15, -0.1) is 0 Å². The third-order valence-corrected chi connectivity index (χ3v) is 10.9. The van der Waals surface area contributed by atoms with E-state index in [2.05, 4.69) is 168 Å². The normalized spacial score (nSPS) is 13.6. The van der Waals surface area contributed by atoms with Crippen LogP contribution in [0.5, 0.6) is 0 Å². The van der Waals surface area contributed by atoms with Crippen molar-refractivity contribution in [3.8, 4) is 29.0 Å². The summed E-state index contributed by atoms with van der Waals surface area (Å²) in [5.74, 6) is 0. The Labute approximate surface area is 302 Å². The number of anilines is 6. The van der Waals surface area contributed by atoms with Crippen LogP contribution in [0, 0.1) is 22.7 Å². The van der Waals surface area contributed by atoms with Gasteiger partial charge >= 0.3 is 0 Å². The van der Waals surface area contributed by atoms with Crippen LogP contribution in [0.3, 0.4) is 0 Å². The van der Waals surface area contributed by atoms with Crippen LogP contribution >= 0.6 is 0 Å². The summed E-state index contributed by atoms with van der Waals surface area (Å²) in [5.41, 5.74) is 14.5. The first-order chi connectivity index (χ1) is 25.5. The molecule has 5 nitrogen and oxygen atoms in total. The van der Waals surface area contributed by atoms with Gasteiger partial charge in [-0.1, -0.05) is 92.7 Å². The molecule has 7 aromatic carbocycles. The number of aromatic nitrogens is 1. The maximum absolute atomic E-state index is 10.4. The van der Waals surface area contributed by atoms with Gasteiger partial charge in [0.1, 0.15) is 0 Å². The molecule has 0 amide bonds. The quantitative estimate of drug-likeness (QED) is 0.188. The third kappa shape index (κ3) is 4.14. The highest BCUT2D eigenvalue weighted by Gasteiger charge is 2.37. The molecule has 5 heteroatoms. The number of nitrogens with zero attached hydrogens (tertiary/aromatic N) is 5. The van der Waals surface area contributed by atoms with E-state index in [1.807, 2.05) is 24.3 Å². The Morgan fingerprint density at radius 1 is 0.462 bits per heavy atom. The van der Waals surface area contributed by atoms with Crippen molar-refractivity contribution in [3.63, 3.8) is 0 Å². The van der Waals surface area contributed by atoms with Crippen LogP contribution in [0.25, 0.3) is 38.6 Å². The molecule has 0 spiro atoms. The second kappa shape index (κ2) is 11.0. The SMILES string of the molecule is CC1(C)c2ccccc2N(c2cc(C#N)cc(-c3cc(C#N)cc(N4c5ccccc5-n5c6ccccc6c6cccc4c65)c3)c2)c2ccccc21. The highest BCUT2D eigenvalue weighted by atomic mass is 15.2. The molecule has 0 N–H and O–H groups in total. The summed E-state index contributed by atoms with van der Waals surface area (Å²) in [6, 6.07) is 57.5. The Morgan fingerprint density at radius 3 is 1.56 bits per heavy atom. The van der Waals surface area contributed by atoms with Crippen molar-refractivity contribution in [2.75, 3.05) is 9.80 Å². The van der Waals surface area contributed by atoms with Crippen LogP contribution in [-0.2, 0) is 5.41 Å². The monoisotopic (exact) mass is 665 g/mol. The van der Waals surface area contributed by atoms with Crippen LogP contribution in [0.4, 0.5) is 34.1 Å². The summed E-state index contributed by atoms with van der Waals surface area (Å²) in [6.07, 6.45) is 0. The molecule has 0 saturated heterocycles. The van der Waals surface area contributed by atoms with Gasteiger partial charge in [-0.2, -0.15) is 10.5 Å². The molecule has 1 aromatic heterocycles. The molecule has 0 aliphatic carbocycles. The Hall–Kier alpha value is -7.08. The van der Waals surface area contributed by atoms with Gasteiger partial charge in [-0.3, -0.25) is 0 Å². The molecule has 0 unspecified atom stereocenters. The van der Waals surface area contributed by atoms with Gasteiger partial charge in [0.05, 0.1) is 62.7 Å². The third-order valence-electron chi connectivity index (χ3n) is 10.9. The zero-order valence-corrected chi connectivity index (χ0v) is 28.7. The number of para-hydroxylation sites is 6. The molecular formula is C47H31N5. The molecule has 2 aliphatic heterocycles. The van der Waals surface area contributed by atoms with Crippen LogP contribution in [-0.4, -0.2) is 4.57 Å². The maximum atomic E-state index is 10.4. The Balaban J connectivity index is 1.19. The van der Waals surface area contributed by atoms with Crippen molar-refractivity contribution in [3.05, 3.63) is 174 Å². The molecule has 0 radical (unpaired) electrons. The lowest BCUT2D eigenvalue weighted by Gasteiger charge is -2.42. The molecule has 0 fully saturated rings. The van der Waals surface area contributed by atoms with Crippen LogP contribution < -0.4 is 9.80 Å². The lowest BCUT2D eigenvalue weighted by Crippen LogP contribution is -2.30. The van der Waals surface area contributed by atoms with E-state index < -0.39 is 0 Å². The molecule has 2 aliphatic rings. The number of rotatable bonds is 3. The smallest absolute Gasteiger partial charge is 0.0992 e. The van der Waals surface area contributed by atoms with Crippen molar-refractivity contribution in [2.24, 2.45) is 0 Å². The predicted octanol–water partition coefficient (Wildman–Crippen LogP) is 12.1. The second-order valence-corrected chi connectivity index (χ2v) is 14.1. The van der Waals surface area contributed by atoms with Crippen LogP contribution in [0.1, 0.15) is 36.1 Å². The molecule has 0 saturated carbocycles. The first kappa shape index (κ1) is 29.8. The Bertz CT molecular complexity index is 2830. The molecule has 52 heavy (non-hydrogen) atoms. The zero-order valence-electron chi connectivity index (χ0n) is 28.7. The summed E-state index contributed by atoms with van der Waals surface area (Å²) in [7, 11) is 0. The maximum Gasteiger partial charge on any atom is 0.0992 e. The fourth-order valence-corrected chi connectivity index (χ4v) is 8.57. The molecule has 8 aromatic rings. The molecule has 244 valence electrons. The van der Waals surface area contributed by atoms with Crippen molar-refractivity contribution in [1.82, 2.24) is 4.57 Å². The number of fused-ring (bicyclic) bond motifs is 7. The van der Waals surface area contributed by atoms with Crippen molar-refractivity contribution >= 4 is 55.9 Å². The first-order valence-electron chi connectivity index (χ1n) is 17.5. The summed E-state index contributed by atoms with van der Waals surface area (Å²) < 4.78 is 2.36.